The molecule has 9 heteroatoms. The lowest BCUT2D eigenvalue weighted by Crippen LogP contribution is -2.56. The highest BCUT2D eigenvalue weighted by Gasteiger charge is 2.44. The van der Waals surface area contributed by atoms with Crippen LogP contribution in [0.4, 0.5) is 4.79 Å². The highest BCUT2D eigenvalue weighted by Crippen LogP contribution is 2.36. The summed E-state index contributed by atoms with van der Waals surface area (Å²) in [5.74, 6) is -1.70. The quantitative estimate of drug-likeness (QED) is 0.494. The summed E-state index contributed by atoms with van der Waals surface area (Å²) < 4.78 is 5.28. The van der Waals surface area contributed by atoms with Crippen LogP contribution in [0.25, 0.3) is 6.08 Å². The average Bonchev–Trinajstić information content (AvgIpc) is 3.52. The Labute approximate surface area is 207 Å². The van der Waals surface area contributed by atoms with Gasteiger partial charge in [-0.1, -0.05) is 30.9 Å². The third kappa shape index (κ3) is 8.73. The number of nitrogens with two attached hydrogens (primary N) is 1. The molecule has 0 bridgehead atoms. The molecule has 1 fully saturated rings. The Morgan fingerprint density at radius 3 is 2.29 bits per heavy atom. The van der Waals surface area contributed by atoms with Gasteiger partial charge in [-0.2, -0.15) is 0 Å². The molecule has 0 saturated heterocycles. The van der Waals surface area contributed by atoms with Crippen molar-refractivity contribution in [1.29, 1.82) is 0 Å². The second-order valence-electron chi connectivity index (χ2n) is 10.9. The summed E-state index contributed by atoms with van der Waals surface area (Å²) in [6.45, 7) is 14.4. The Morgan fingerprint density at radius 2 is 1.80 bits per heavy atom. The highest BCUT2D eigenvalue weighted by molar-refractivity contribution is 5.95. The van der Waals surface area contributed by atoms with E-state index in [-0.39, 0.29) is 11.9 Å². The first-order valence-electron chi connectivity index (χ1n) is 11.8. The van der Waals surface area contributed by atoms with Crippen molar-refractivity contribution in [2.24, 2.45) is 5.73 Å². The van der Waals surface area contributed by atoms with Crippen molar-refractivity contribution in [1.82, 2.24) is 15.5 Å². The summed E-state index contributed by atoms with van der Waals surface area (Å²) >= 11 is 0. The Bertz CT molecular complexity index is 973. The van der Waals surface area contributed by atoms with Crippen molar-refractivity contribution in [3.63, 3.8) is 0 Å². The number of hydrogen-bond acceptors (Lipinski definition) is 5. The minimum absolute atomic E-state index is 0.221. The molecule has 9 nitrogen and oxygen atoms in total. The smallest absolute Gasteiger partial charge is 0.408 e. The van der Waals surface area contributed by atoms with Gasteiger partial charge in [-0.15, -0.1) is 0 Å². The first-order chi connectivity index (χ1) is 16.1. The fourth-order valence-electron chi connectivity index (χ4n) is 3.63. The lowest BCUT2D eigenvalue weighted by atomic mass is 9.98. The molecule has 1 aromatic rings. The number of ether oxygens (including phenoxy) is 1. The van der Waals surface area contributed by atoms with Gasteiger partial charge in [-0.25, -0.2) is 4.79 Å². The van der Waals surface area contributed by atoms with Crippen molar-refractivity contribution in [2.45, 2.75) is 90.1 Å². The fourth-order valence-corrected chi connectivity index (χ4v) is 3.63. The van der Waals surface area contributed by atoms with Gasteiger partial charge in [-0.05, 0) is 71.6 Å². The zero-order valence-corrected chi connectivity index (χ0v) is 21.5. The average molecular weight is 487 g/mol. The standard InChI is InChI=1S/C26H38N4O5/c1-8-16-10-9-11-17(14-16)21(22(32)29-25(2,3)4)30(18-12-13-18)23(33)19(15-20(27)31)28-24(34)35-26(5,6)7/h8-11,14,18-19,21H,1,12-13,15H2,2-7H3,(H2,27,31)(H,28,34)(H,29,32). The lowest BCUT2D eigenvalue weighted by Gasteiger charge is -2.36. The summed E-state index contributed by atoms with van der Waals surface area (Å²) in [5.41, 5.74) is 5.43. The van der Waals surface area contributed by atoms with E-state index in [1.54, 1.807) is 45.0 Å². The molecule has 0 aliphatic heterocycles. The van der Waals surface area contributed by atoms with Crippen molar-refractivity contribution in [2.75, 3.05) is 0 Å². The topological polar surface area (TPSA) is 131 Å². The SMILES string of the molecule is C=Cc1cccc(C(C(=O)NC(C)(C)C)N(C(=O)C(CC(N)=O)NC(=O)OC(C)(C)C)C2CC2)c1. The molecule has 192 valence electrons. The maximum atomic E-state index is 13.8. The maximum Gasteiger partial charge on any atom is 0.408 e. The van der Waals surface area contributed by atoms with Crippen LogP contribution in [0.3, 0.4) is 0 Å². The van der Waals surface area contributed by atoms with Crippen LogP contribution in [0.2, 0.25) is 0 Å². The molecule has 0 radical (unpaired) electrons. The number of hydrogen-bond donors (Lipinski definition) is 3. The van der Waals surface area contributed by atoms with Crippen LogP contribution >= 0.6 is 0 Å². The monoisotopic (exact) mass is 486 g/mol. The summed E-state index contributed by atoms with van der Waals surface area (Å²) in [6, 6.07) is 4.72. The van der Waals surface area contributed by atoms with E-state index in [0.717, 1.165) is 5.56 Å². The maximum absolute atomic E-state index is 13.8. The van der Waals surface area contributed by atoms with Crippen molar-refractivity contribution in [3.8, 4) is 0 Å². The van der Waals surface area contributed by atoms with Crippen molar-refractivity contribution in [3.05, 3.63) is 42.0 Å². The van der Waals surface area contributed by atoms with Crippen LogP contribution in [-0.4, -0.2) is 51.9 Å². The zero-order chi connectivity index (χ0) is 26.6. The number of primary amides is 1. The third-order valence-electron chi connectivity index (χ3n) is 5.08. The minimum Gasteiger partial charge on any atom is -0.444 e. The molecular weight excluding hydrogens is 448 g/mol. The van der Waals surface area contributed by atoms with Gasteiger partial charge < -0.3 is 26.0 Å². The fraction of sp³-hybridized carbons (Fsp3) is 0.538. The Morgan fingerprint density at radius 1 is 1.17 bits per heavy atom. The van der Waals surface area contributed by atoms with Crippen LogP contribution < -0.4 is 16.4 Å². The van der Waals surface area contributed by atoms with E-state index in [4.69, 9.17) is 10.5 Å². The van der Waals surface area contributed by atoms with E-state index in [1.807, 2.05) is 26.8 Å². The molecule has 4 N–H and O–H groups in total. The second kappa shape index (κ2) is 10.9. The molecule has 35 heavy (non-hydrogen) atoms. The number of nitrogens with zero attached hydrogens (tertiary/aromatic N) is 1. The van der Waals surface area contributed by atoms with Gasteiger partial charge >= 0.3 is 6.09 Å². The number of nitrogens with one attached hydrogen (secondary N) is 2. The Hall–Kier alpha value is -3.36. The summed E-state index contributed by atoms with van der Waals surface area (Å²) in [5, 5.41) is 5.45. The number of carbonyl (C=O) groups is 4. The van der Waals surface area contributed by atoms with Gasteiger partial charge in [0.25, 0.3) is 0 Å². The van der Waals surface area contributed by atoms with E-state index >= 15 is 0 Å². The van der Waals surface area contributed by atoms with E-state index in [2.05, 4.69) is 17.2 Å². The number of carbonyl (C=O) groups excluding carboxylic acids is 4. The molecule has 0 spiro atoms. The highest BCUT2D eigenvalue weighted by atomic mass is 16.6. The van der Waals surface area contributed by atoms with E-state index < -0.39 is 47.6 Å². The Kier molecular flexibility index (Phi) is 8.70. The summed E-state index contributed by atoms with van der Waals surface area (Å²) in [4.78, 5) is 53.1. The molecule has 1 aromatic carbocycles. The van der Waals surface area contributed by atoms with Gasteiger partial charge in [0.1, 0.15) is 17.7 Å². The van der Waals surface area contributed by atoms with Gasteiger partial charge in [0.15, 0.2) is 0 Å². The Balaban J connectivity index is 2.50. The number of benzene rings is 1. The number of amides is 4. The van der Waals surface area contributed by atoms with Gasteiger partial charge in [0.2, 0.25) is 17.7 Å². The second-order valence-corrected chi connectivity index (χ2v) is 10.9. The van der Waals surface area contributed by atoms with Crippen LogP contribution in [0.15, 0.2) is 30.8 Å². The van der Waals surface area contributed by atoms with Crippen LogP contribution in [0.1, 0.15) is 78.0 Å². The molecule has 2 rings (SSSR count). The molecule has 0 heterocycles. The molecule has 2 atom stereocenters. The van der Waals surface area contributed by atoms with Gasteiger partial charge in [-0.3, -0.25) is 14.4 Å². The van der Waals surface area contributed by atoms with E-state index in [1.165, 1.54) is 4.90 Å². The first-order valence-corrected chi connectivity index (χ1v) is 11.8. The minimum atomic E-state index is -1.28. The first kappa shape index (κ1) is 27.9. The predicted molar refractivity (Wildman–Crippen MR) is 134 cm³/mol. The molecule has 2 unspecified atom stereocenters. The predicted octanol–water partition coefficient (Wildman–Crippen LogP) is 3.05. The molecule has 1 aliphatic rings. The zero-order valence-electron chi connectivity index (χ0n) is 21.5. The van der Waals surface area contributed by atoms with Gasteiger partial charge in [0, 0.05) is 11.6 Å². The van der Waals surface area contributed by atoms with E-state index in [0.29, 0.717) is 18.4 Å². The molecule has 1 saturated carbocycles. The van der Waals surface area contributed by atoms with Gasteiger partial charge in [0.05, 0.1) is 6.42 Å². The molecule has 4 amide bonds. The summed E-state index contributed by atoms with van der Waals surface area (Å²) in [6.07, 6.45) is 1.77. The lowest BCUT2D eigenvalue weighted by molar-refractivity contribution is -0.144. The van der Waals surface area contributed by atoms with Crippen molar-refractivity contribution >= 4 is 29.9 Å². The van der Waals surface area contributed by atoms with Crippen LogP contribution in [0, 0.1) is 0 Å². The van der Waals surface area contributed by atoms with E-state index in [9.17, 15) is 19.2 Å². The normalized spacial score (nSPS) is 15.4. The third-order valence-corrected chi connectivity index (χ3v) is 5.08. The van der Waals surface area contributed by atoms with Crippen molar-refractivity contribution < 1.29 is 23.9 Å². The summed E-state index contributed by atoms with van der Waals surface area (Å²) in [7, 11) is 0. The van der Waals surface area contributed by atoms with Crippen LogP contribution in [0.5, 0.6) is 0 Å². The number of alkyl carbamates (subject to hydrolysis) is 1. The largest absolute Gasteiger partial charge is 0.444 e. The molecule has 0 aromatic heterocycles. The molecular formula is C26H38N4O5. The number of rotatable bonds is 9. The molecule has 1 aliphatic carbocycles. The van der Waals surface area contributed by atoms with Crippen LogP contribution in [-0.2, 0) is 19.1 Å².